The molecule has 2 amide bonds. The van der Waals surface area contributed by atoms with Crippen LogP contribution in [0, 0.1) is 5.92 Å². The molecule has 6 heteroatoms. The van der Waals surface area contributed by atoms with Crippen molar-refractivity contribution in [2.24, 2.45) is 5.92 Å². The molecule has 6 nitrogen and oxygen atoms in total. The van der Waals surface area contributed by atoms with Crippen LogP contribution in [0.2, 0.25) is 0 Å². The highest BCUT2D eigenvalue weighted by Gasteiger charge is 2.53. The summed E-state index contributed by atoms with van der Waals surface area (Å²) in [5.41, 5.74) is 0.578. The Bertz CT molecular complexity index is 998. The van der Waals surface area contributed by atoms with Crippen LogP contribution in [0.1, 0.15) is 58.4 Å². The lowest BCUT2D eigenvalue weighted by atomic mass is 9.80. The number of ether oxygens (including phenoxy) is 1. The zero-order valence-corrected chi connectivity index (χ0v) is 22.0. The van der Waals surface area contributed by atoms with E-state index in [2.05, 4.69) is 43.1 Å². The average Bonchev–Trinajstić information content (AvgIpc) is 2.88. The van der Waals surface area contributed by atoms with Crippen LogP contribution >= 0.6 is 0 Å². The maximum atomic E-state index is 13.4. The Morgan fingerprint density at radius 3 is 2.28 bits per heavy atom. The Labute approximate surface area is 216 Å². The van der Waals surface area contributed by atoms with E-state index < -0.39 is 5.54 Å². The smallest absolute Gasteiger partial charge is 0.246 e. The van der Waals surface area contributed by atoms with Crippen LogP contribution in [0.25, 0.3) is 0 Å². The SMILES string of the molecule is CCCCN1C(=O)[C@H](CC(C)C)NC(=O)C12CCN(CCc1ccc(Oc3ccccc3)cc1)CC2. The number of piperidine rings is 1. The molecule has 1 atom stereocenters. The first kappa shape index (κ1) is 26.2. The van der Waals surface area contributed by atoms with Gasteiger partial charge in [0.05, 0.1) is 0 Å². The van der Waals surface area contributed by atoms with E-state index in [9.17, 15) is 9.59 Å². The minimum absolute atomic E-state index is 0.0532. The summed E-state index contributed by atoms with van der Waals surface area (Å²) in [6.45, 7) is 9.60. The van der Waals surface area contributed by atoms with Gasteiger partial charge in [0.15, 0.2) is 0 Å². The molecular weight excluding hydrogens is 450 g/mol. The Hall–Kier alpha value is -2.86. The largest absolute Gasteiger partial charge is 0.457 e. The van der Waals surface area contributed by atoms with E-state index in [0.29, 0.717) is 31.7 Å². The summed E-state index contributed by atoms with van der Waals surface area (Å²) < 4.78 is 5.90. The van der Waals surface area contributed by atoms with E-state index in [1.165, 1.54) is 5.56 Å². The van der Waals surface area contributed by atoms with Crippen molar-refractivity contribution in [2.45, 2.75) is 70.9 Å². The van der Waals surface area contributed by atoms with Crippen molar-refractivity contribution in [2.75, 3.05) is 26.2 Å². The van der Waals surface area contributed by atoms with Crippen LogP contribution in [-0.2, 0) is 16.0 Å². The first-order valence-electron chi connectivity index (χ1n) is 13.6. The third-order valence-electron chi connectivity index (χ3n) is 7.55. The van der Waals surface area contributed by atoms with Crippen molar-refractivity contribution >= 4 is 11.8 Å². The number of nitrogens with one attached hydrogen (secondary N) is 1. The first-order valence-corrected chi connectivity index (χ1v) is 13.6. The highest BCUT2D eigenvalue weighted by Crippen LogP contribution is 2.34. The van der Waals surface area contributed by atoms with Crippen LogP contribution in [0.5, 0.6) is 11.5 Å². The van der Waals surface area contributed by atoms with Crippen molar-refractivity contribution < 1.29 is 14.3 Å². The first-order chi connectivity index (χ1) is 17.4. The van der Waals surface area contributed by atoms with Gasteiger partial charge in [-0.15, -0.1) is 0 Å². The molecule has 0 saturated carbocycles. The molecule has 2 heterocycles. The zero-order chi connectivity index (χ0) is 25.5. The third kappa shape index (κ3) is 6.09. The number of rotatable bonds is 10. The molecule has 2 fully saturated rings. The van der Waals surface area contributed by atoms with Crippen molar-refractivity contribution in [3.63, 3.8) is 0 Å². The molecule has 0 aliphatic carbocycles. The summed E-state index contributed by atoms with van der Waals surface area (Å²) in [7, 11) is 0. The molecule has 2 aliphatic heterocycles. The maximum absolute atomic E-state index is 13.4. The van der Waals surface area contributed by atoms with Crippen LogP contribution in [-0.4, -0.2) is 59.4 Å². The van der Waals surface area contributed by atoms with Gasteiger partial charge in [0.1, 0.15) is 23.1 Å². The number of likely N-dealkylation sites (tertiary alicyclic amines) is 1. The molecule has 0 aromatic heterocycles. The molecule has 36 heavy (non-hydrogen) atoms. The standard InChI is InChI=1S/C30H41N3O3/c1-4-5-18-33-28(34)27(22-23(2)3)31-29(35)30(33)16-20-32(21-17-30)19-15-24-11-13-26(14-12-24)36-25-9-7-6-8-10-25/h6-14,23,27H,4-5,15-22H2,1-3H3,(H,31,35)/t27-/m0/s1. The average molecular weight is 492 g/mol. The van der Waals surface area contributed by atoms with E-state index >= 15 is 0 Å². The van der Waals surface area contributed by atoms with Gasteiger partial charge < -0.3 is 19.9 Å². The summed E-state index contributed by atoms with van der Waals surface area (Å²) in [6, 6.07) is 17.7. The summed E-state index contributed by atoms with van der Waals surface area (Å²) >= 11 is 0. The fraction of sp³-hybridized carbons (Fsp3) is 0.533. The second-order valence-corrected chi connectivity index (χ2v) is 10.7. The molecule has 0 unspecified atom stereocenters. The topological polar surface area (TPSA) is 61.9 Å². The molecule has 0 bridgehead atoms. The lowest BCUT2D eigenvalue weighted by Crippen LogP contribution is -2.73. The monoisotopic (exact) mass is 491 g/mol. The van der Waals surface area contributed by atoms with Crippen LogP contribution < -0.4 is 10.1 Å². The summed E-state index contributed by atoms with van der Waals surface area (Å²) in [5.74, 6) is 2.20. The molecule has 2 saturated heterocycles. The normalized spacial score (nSPS) is 20.1. The number of para-hydroxylation sites is 1. The van der Waals surface area contributed by atoms with Crippen molar-refractivity contribution in [1.29, 1.82) is 0 Å². The number of unbranched alkanes of at least 4 members (excludes halogenated alkanes) is 1. The predicted octanol–water partition coefficient (Wildman–Crippen LogP) is 5.03. The second kappa shape index (κ2) is 11.9. The molecule has 0 radical (unpaired) electrons. The van der Waals surface area contributed by atoms with E-state index in [-0.39, 0.29) is 17.9 Å². The van der Waals surface area contributed by atoms with Gasteiger partial charge in [0, 0.05) is 26.2 Å². The Balaban J connectivity index is 1.33. The quantitative estimate of drug-likeness (QED) is 0.506. The predicted molar refractivity (Wildman–Crippen MR) is 143 cm³/mol. The minimum atomic E-state index is -0.688. The Kier molecular flexibility index (Phi) is 8.68. The van der Waals surface area contributed by atoms with Crippen molar-refractivity contribution in [1.82, 2.24) is 15.1 Å². The Morgan fingerprint density at radius 1 is 0.972 bits per heavy atom. The molecule has 194 valence electrons. The van der Waals surface area contributed by atoms with E-state index in [0.717, 1.165) is 50.4 Å². The zero-order valence-electron chi connectivity index (χ0n) is 22.0. The van der Waals surface area contributed by atoms with Gasteiger partial charge in [-0.3, -0.25) is 9.59 Å². The highest BCUT2D eigenvalue weighted by molar-refractivity contribution is 6.00. The minimum Gasteiger partial charge on any atom is -0.457 e. The number of nitrogens with zero attached hydrogens (tertiary/aromatic N) is 2. The van der Waals surface area contributed by atoms with E-state index in [1.54, 1.807) is 0 Å². The van der Waals surface area contributed by atoms with Gasteiger partial charge >= 0.3 is 0 Å². The number of benzene rings is 2. The van der Waals surface area contributed by atoms with Crippen LogP contribution in [0.15, 0.2) is 54.6 Å². The van der Waals surface area contributed by atoms with Gasteiger partial charge in [-0.05, 0) is 67.9 Å². The van der Waals surface area contributed by atoms with Crippen molar-refractivity contribution in [3.05, 3.63) is 60.2 Å². The second-order valence-electron chi connectivity index (χ2n) is 10.7. The fourth-order valence-electron chi connectivity index (χ4n) is 5.43. The molecule has 1 N–H and O–H groups in total. The highest BCUT2D eigenvalue weighted by atomic mass is 16.5. The third-order valence-corrected chi connectivity index (χ3v) is 7.55. The van der Waals surface area contributed by atoms with Gasteiger partial charge in [0.2, 0.25) is 11.8 Å². The molecule has 2 aromatic carbocycles. The number of hydrogen-bond donors (Lipinski definition) is 1. The van der Waals surface area contributed by atoms with Crippen LogP contribution in [0.4, 0.5) is 0 Å². The summed E-state index contributed by atoms with van der Waals surface area (Å²) in [6.07, 6.45) is 4.99. The lowest BCUT2D eigenvalue weighted by molar-refractivity contribution is -0.161. The Morgan fingerprint density at radius 2 is 1.64 bits per heavy atom. The van der Waals surface area contributed by atoms with E-state index in [4.69, 9.17) is 4.74 Å². The van der Waals surface area contributed by atoms with Gasteiger partial charge in [0.25, 0.3) is 0 Å². The van der Waals surface area contributed by atoms with Crippen LogP contribution in [0.3, 0.4) is 0 Å². The molecular formula is C30H41N3O3. The van der Waals surface area contributed by atoms with Gasteiger partial charge in [-0.1, -0.05) is 57.5 Å². The number of carbonyl (C=O) groups is 2. The van der Waals surface area contributed by atoms with Gasteiger partial charge in [-0.2, -0.15) is 0 Å². The fourth-order valence-corrected chi connectivity index (χ4v) is 5.43. The summed E-state index contributed by atoms with van der Waals surface area (Å²) in [5, 5.41) is 3.10. The lowest BCUT2D eigenvalue weighted by Gasteiger charge is -2.52. The maximum Gasteiger partial charge on any atom is 0.246 e. The number of carbonyl (C=O) groups excluding carboxylic acids is 2. The molecule has 2 aromatic rings. The van der Waals surface area contributed by atoms with Crippen molar-refractivity contribution in [3.8, 4) is 11.5 Å². The number of hydrogen-bond acceptors (Lipinski definition) is 4. The summed E-state index contributed by atoms with van der Waals surface area (Å²) in [4.78, 5) is 31.2. The van der Waals surface area contributed by atoms with E-state index in [1.807, 2.05) is 47.4 Å². The number of amides is 2. The van der Waals surface area contributed by atoms with Gasteiger partial charge in [-0.25, -0.2) is 0 Å². The molecule has 4 rings (SSSR count). The molecule has 2 aliphatic rings. The molecule has 1 spiro atoms. The number of piperazine rings is 1.